The van der Waals surface area contributed by atoms with Crippen LogP contribution in [0.4, 0.5) is 5.69 Å². The summed E-state index contributed by atoms with van der Waals surface area (Å²) >= 11 is 1.67. The van der Waals surface area contributed by atoms with Crippen molar-refractivity contribution < 1.29 is 9.53 Å². The first-order chi connectivity index (χ1) is 12.7. The highest BCUT2D eigenvalue weighted by Crippen LogP contribution is 2.27. The van der Waals surface area contributed by atoms with Crippen LogP contribution in [0.15, 0.2) is 66.0 Å². The summed E-state index contributed by atoms with van der Waals surface area (Å²) in [6, 6.07) is 19.1. The van der Waals surface area contributed by atoms with Crippen LogP contribution in [0.1, 0.15) is 22.0 Å². The maximum absolute atomic E-state index is 13.0. The van der Waals surface area contributed by atoms with E-state index in [0.717, 1.165) is 11.1 Å². The van der Waals surface area contributed by atoms with Gasteiger partial charge in [0.05, 0.1) is 12.8 Å². The molecule has 2 N–H and O–H groups in total. The van der Waals surface area contributed by atoms with E-state index < -0.39 is 6.04 Å². The summed E-state index contributed by atoms with van der Waals surface area (Å²) in [4.78, 5) is 14.2. The summed E-state index contributed by atoms with van der Waals surface area (Å²) in [6.45, 7) is 2.62. The van der Waals surface area contributed by atoms with E-state index >= 15 is 0 Å². The minimum Gasteiger partial charge on any atom is -0.495 e. The van der Waals surface area contributed by atoms with Gasteiger partial charge in [-0.2, -0.15) is 0 Å². The Labute approximate surface area is 157 Å². The van der Waals surface area contributed by atoms with Crippen LogP contribution in [0.3, 0.4) is 0 Å². The van der Waals surface area contributed by atoms with Crippen molar-refractivity contribution in [2.45, 2.75) is 19.5 Å². The minimum atomic E-state index is -0.455. The van der Waals surface area contributed by atoms with Crippen LogP contribution in [-0.4, -0.2) is 13.0 Å². The van der Waals surface area contributed by atoms with E-state index in [1.807, 2.05) is 66.9 Å². The Morgan fingerprint density at radius 2 is 1.92 bits per heavy atom. The number of anilines is 1. The van der Waals surface area contributed by atoms with Gasteiger partial charge >= 0.3 is 0 Å². The van der Waals surface area contributed by atoms with E-state index in [4.69, 9.17) is 4.74 Å². The van der Waals surface area contributed by atoms with E-state index in [9.17, 15) is 4.79 Å². The van der Waals surface area contributed by atoms with Crippen LogP contribution < -0.4 is 15.4 Å². The molecule has 3 aromatic rings. The molecule has 0 aliphatic heterocycles. The van der Waals surface area contributed by atoms with Crippen molar-refractivity contribution in [1.29, 1.82) is 0 Å². The largest absolute Gasteiger partial charge is 0.495 e. The molecule has 0 saturated heterocycles. The van der Waals surface area contributed by atoms with Crippen molar-refractivity contribution in [3.05, 3.63) is 82.0 Å². The number of ether oxygens (including phenoxy) is 1. The number of benzene rings is 2. The fraction of sp³-hybridized carbons (Fsp3) is 0.190. The van der Waals surface area contributed by atoms with Gasteiger partial charge in [0.25, 0.3) is 0 Å². The predicted molar refractivity (Wildman–Crippen MR) is 107 cm³/mol. The molecule has 0 spiro atoms. The Kier molecular flexibility index (Phi) is 6.04. The van der Waals surface area contributed by atoms with Crippen molar-refractivity contribution in [2.24, 2.45) is 0 Å². The second-order valence-corrected chi connectivity index (χ2v) is 7.03. The molecular weight excluding hydrogens is 344 g/mol. The van der Waals surface area contributed by atoms with Crippen molar-refractivity contribution in [3.8, 4) is 5.75 Å². The summed E-state index contributed by atoms with van der Waals surface area (Å²) in [5, 5.41) is 8.41. The van der Waals surface area contributed by atoms with E-state index in [2.05, 4.69) is 16.7 Å². The number of carbonyl (C=O) groups excluding carboxylic acids is 1. The van der Waals surface area contributed by atoms with Gasteiger partial charge in [-0.05, 0) is 41.6 Å². The molecule has 0 aliphatic carbocycles. The molecule has 1 atom stereocenters. The summed E-state index contributed by atoms with van der Waals surface area (Å²) in [5.41, 5.74) is 2.66. The topological polar surface area (TPSA) is 50.4 Å². The number of carbonyl (C=O) groups is 1. The van der Waals surface area contributed by atoms with Gasteiger partial charge in [-0.1, -0.05) is 42.5 Å². The fourth-order valence-corrected chi connectivity index (χ4v) is 3.40. The molecule has 0 fully saturated rings. The Morgan fingerprint density at radius 1 is 1.12 bits per heavy atom. The Bertz CT molecular complexity index is 848. The molecule has 3 rings (SSSR count). The molecule has 26 heavy (non-hydrogen) atoms. The number of hydrogen-bond acceptors (Lipinski definition) is 4. The maximum atomic E-state index is 13.0. The summed E-state index contributed by atoms with van der Waals surface area (Å²) in [5.74, 6) is 0.533. The average molecular weight is 366 g/mol. The lowest BCUT2D eigenvalue weighted by atomic mass is 10.1. The molecule has 2 aromatic carbocycles. The molecule has 0 radical (unpaired) electrons. The highest BCUT2D eigenvalue weighted by atomic mass is 32.1. The Morgan fingerprint density at radius 3 is 2.62 bits per heavy atom. The molecule has 1 aromatic heterocycles. The van der Waals surface area contributed by atoms with Crippen molar-refractivity contribution in [1.82, 2.24) is 5.32 Å². The number of thiophene rings is 1. The first-order valence-electron chi connectivity index (χ1n) is 8.43. The van der Waals surface area contributed by atoms with Crippen molar-refractivity contribution in [2.75, 3.05) is 12.4 Å². The quantitative estimate of drug-likeness (QED) is 0.646. The van der Waals surface area contributed by atoms with Gasteiger partial charge in [0.2, 0.25) is 5.91 Å². The van der Waals surface area contributed by atoms with E-state index in [1.165, 1.54) is 4.88 Å². The number of amides is 1. The molecule has 1 amide bonds. The van der Waals surface area contributed by atoms with Crippen LogP contribution in [0, 0.1) is 6.92 Å². The van der Waals surface area contributed by atoms with Crippen molar-refractivity contribution in [3.63, 3.8) is 0 Å². The van der Waals surface area contributed by atoms with Crippen LogP contribution in [0.5, 0.6) is 5.75 Å². The van der Waals surface area contributed by atoms with Gasteiger partial charge in [-0.15, -0.1) is 11.3 Å². The molecular formula is C21H22N2O2S. The number of methoxy groups -OCH3 is 1. The van der Waals surface area contributed by atoms with Crippen LogP contribution >= 0.6 is 11.3 Å². The van der Waals surface area contributed by atoms with Gasteiger partial charge in [0, 0.05) is 11.4 Å². The molecule has 0 bridgehead atoms. The third-order valence-electron chi connectivity index (χ3n) is 4.07. The molecule has 134 valence electrons. The molecule has 0 aliphatic rings. The number of nitrogens with one attached hydrogen (secondary N) is 2. The average Bonchev–Trinajstić information content (AvgIpc) is 3.16. The smallest absolute Gasteiger partial charge is 0.246 e. The second kappa shape index (κ2) is 8.65. The zero-order chi connectivity index (χ0) is 18.4. The van der Waals surface area contributed by atoms with Gasteiger partial charge in [-0.25, -0.2) is 0 Å². The lowest BCUT2D eigenvalue weighted by Gasteiger charge is -2.20. The van der Waals surface area contributed by atoms with Gasteiger partial charge in [0.15, 0.2) is 0 Å². The highest BCUT2D eigenvalue weighted by molar-refractivity contribution is 7.09. The SMILES string of the molecule is COc1ccc(C)cc1NC(=O)[C@H](NCc1cccs1)c1ccccc1. The molecule has 0 unspecified atom stereocenters. The zero-order valence-electron chi connectivity index (χ0n) is 14.9. The van der Waals surface area contributed by atoms with Crippen molar-refractivity contribution >= 4 is 22.9 Å². The Balaban J connectivity index is 1.81. The fourth-order valence-electron chi connectivity index (χ4n) is 2.75. The molecule has 1 heterocycles. The summed E-state index contributed by atoms with van der Waals surface area (Å²) in [6.07, 6.45) is 0. The maximum Gasteiger partial charge on any atom is 0.246 e. The third kappa shape index (κ3) is 4.50. The monoisotopic (exact) mass is 366 g/mol. The van der Waals surface area contributed by atoms with E-state index in [1.54, 1.807) is 18.4 Å². The molecule has 5 heteroatoms. The molecule has 4 nitrogen and oxygen atoms in total. The van der Waals surface area contributed by atoms with Crippen LogP contribution in [-0.2, 0) is 11.3 Å². The van der Waals surface area contributed by atoms with Crippen LogP contribution in [0.25, 0.3) is 0 Å². The number of hydrogen-bond donors (Lipinski definition) is 2. The van der Waals surface area contributed by atoms with E-state index in [-0.39, 0.29) is 5.91 Å². The number of aryl methyl sites for hydroxylation is 1. The van der Waals surface area contributed by atoms with E-state index in [0.29, 0.717) is 18.0 Å². The zero-order valence-corrected chi connectivity index (χ0v) is 15.7. The van der Waals surface area contributed by atoms with Gasteiger partial charge in [-0.3, -0.25) is 10.1 Å². The highest BCUT2D eigenvalue weighted by Gasteiger charge is 2.21. The summed E-state index contributed by atoms with van der Waals surface area (Å²) in [7, 11) is 1.60. The third-order valence-corrected chi connectivity index (χ3v) is 4.94. The standard InChI is InChI=1S/C21H22N2O2S/c1-15-10-11-19(25-2)18(13-15)23-21(24)20(16-7-4-3-5-8-16)22-14-17-9-6-12-26-17/h3-13,20,22H,14H2,1-2H3,(H,23,24)/t20-/m1/s1. The van der Waals surface area contributed by atoms with Gasteiger partial charge in [0.1, 0.15) is 11.8 Å². The minimum absolute atomic E-state index is 0.114. The molecule has 0 saturated carbocycles. The first-order valence-corrected chi connectivity index (χ1v) is 9.31. The van der Waals surface area contributed by atoms with Crippen LogP contribution in [0.2, 0.25) is 0 Å². The predicted octanol–water partition coefficient (Wildman–Crippen LogP) is 4.53. The lowest BCUT2D eigenvalue weighted by molar-refractivity contribution is -0.118. The van der Waals surface area contributed by atoms with Gasteiger partial charge < -0.3 is 10.1 Å². The number of rotatable bonds is 7. The Hall–Kier alpha value is -2.63. The first kappa shape index (κ1) is 18.2. The normalized spacial score (nSPS) is 11.8. The second-order valence-electron chi connectivity index (χ2n) is 6.00. The lowest BCUT2D eigenvalue weighted by Crippen LogP contribution is -2.32. The summed E-state index contributed by atoms with van der Waals surface area (Å²) < 4.78 is 5.37.